The van der Waals surface area contributed by atoms with E-state index in [1.165, 1.54) is 22.4 Å². The van der Waals surface area contributed by atoms with Crippen LogP contribution < -0.4 is 10.2 Å². The lowest BCUT2D eigenvalue weighted by molar-refractivity contribution is 0.0948. The number of anilines is 1. The third-order valence-corrected chi connectivity index (χ3v) is 5.07. The molecule has 3 rings (SSSR count). The van der Waals surface area contributed by atoms with Crippen molar-refractivity contribution in [1.82, 2.24) is 15.1 Å². The minimum atomic E-state index is -0.143. The van der Waals surface area contributed by atoms with Gasteiger partial charge in [0.15, 0.2) is 5.69 Å². The van der Waals surface area contributed by atoms with Gasteiger partial charge in [-0.05, 0) is 61.2 Å². The van der Waals surface area contributed by atoms with Crippen molar-refractivity contribution >= 4 is 11.6 Å². The van der Waals surface area contributed by atoms with Crippen molar-refractivity contribution < 1.29 is 4.79 Å². The van der Waals surface area contributed by atoms with E-state index in [0.717, 1.165) is 17.7 Å². The zero-order valence-corrected chi connectivity index (χ0v) is 17.3. The average molecular weight is 377 g/mol. The highest BCUT2D eigenvalue weighted by Gasteiger charge is 2.14. The van der Waals surface area contributed by atoms with Crippen LogP contribution >= 0.6 is 0 Å². The SMILES string of the molecule is Cc1ccc(-c2cc(C(=O)NCCc3ccc(N(C)C)cc3)nn2C)cc1C. The zero-order valence-electron chi connectivity index (χ0n) is 17.3. The Hall–Kier alpha value is -3.08. The number of nitrogens with zero attached hydrogens (tertiary/aromatic N) is 3. The van der Waals surface area contributed by atoms with Gasteiger partial charge in [0.1, 0.15) is 0 Å². The smallest absolute Gasteiger partial charge is 0.271 e. The van der Waals surface area contributed by atoms with Crippen molar-refractivity contribution in [3.8, 4) is 11.3 Å². The van der Waals surface area contributed by atoms with Gasteiger partial charge in [0, 0.05) is 38.9 Å². The summed E-state index contributed by atoms with van der Waals surface area (Å²) in [6, 6.07) is 16.5. The van der Waals surface area contributed by atoms with Crippen molar-refractivity contribution in [2.75, 3.05) is 25.5 Å². The summed E-state index contributed by atoms with van der Waals surface area (Å²) in [4.78, 5) is 14.6. The summed E-state index contributed by atoms with van der Waals surface area (Å²) in [5.41, 5.74) is 7.29. The molecule has 5 nitrogen and oxygen atoms in total. The molecular weight excluding hydrogens is 348 g/mol. The highest BCUT2D eigenvalue weighted by molar-refractivity contribution is 5.93. The maximum absolute atomic E-state index is 12.5. The molecular formula is C23H28N4O. The Morgan fingerprint density at radius 2 is 1.75 bits per heavy atom. The first kappa shape index (κ1) is 19.7. The molecule has 1 heterocycles. The van der Waals surface area contributed by atoms with Crippen LogP contribution in [0.5, 0.6) is 0 Å². The molecule has 0 atom stereocenters. The number of amides is 1. The summed E-state index contributed by atoms with van der Waals surface area (Å²) in [6.07, 6.45) is 0.788. The van der Waals surface area contributed by atoms with E-state index in [1.807, 2.05) is 27.2 Å². The van der Waals surface area contributed by atoms with E-state index in [-0.39, 0.29) is 5.91 Å². The van der Waals surface area contributed by atoms with Crippen LogP contribution in [-0.4, -0.2) is 36.3 Å². The molecule has 5 heteroatoms. The molecule has 0 aliphatic carbocycles. The van der Waals surface area contributed by atoms with E-state index >= 15 is 0 Å². The molecule has 0 fully saturated rings. The molecule has 146 valence electrons. The number of nitrogens with one attached hydrogen (secondary N) is 1. The fourth-order valence-electron chi connectivity index (χ4n) is 3.12. The van der Waals surface area contributed by atoms with Gasteiger partial charge >= 0.3 is 0 Å². The number of aromatic nitrogens is 2. The molecule has 1 aromatic heterocycles. The Bertz CT molecular complexity index is 971. The van der Waals surface area contributed by atoms with Gasteiger partial charge in [-0.25, -0.2) is 0 Å². The Morgan fingerprint density at radius 3 is 2.39 bits per heavy atom. The van der Waals surface area contributed by atoms with E-state index in [2.05, 4.69) is 71.6 Å². The van der Waals surface area contributed by atoms with Gasteiger partial charge in [0.25, 0.3) is 5.91 Å². The van der Waals surface area contributed by atoms with Gasteiger partial charge in [0.2, 0.25) is 0 Å². The van der Waals surface area contributed by atoms with E-state index < -0.39 is 0 Å². The second kappa shape index (κ2) is 8.30. The van der Waals surface area contributed by atoms with Crippen LogP contribution in [0.25, 0.3) is 11.3 Å². The Balaban J connectivity index is 1.62. The van der Waals surface area contributed by atoms with Crippen LogP contribution in [0.3, 0.4) is 0 Å². The quantitative estimate of drug-likeness (QED) is 0.713. The summed E-state index contributed by atoms with van der Waals surface area (Å²) >= 11 is 0. The van der Waals surface area contributed by atoms with Gasteiger partial charge in [-0.2, -0.15) is 5.10 Å². The third-order valence-electron chi connectivity index (χ3n) is 5.07. The maximum atomic E-state index is 12.5. The molecule has 2 aromatic carbocycles. The lowest BCUT2D eigenvalue weighted by atomic mass is 10.0. The number of carbonyl (C=O) groups excluding carboxylic acids is 1. The molecule has 1 amide bonds. The third kappa shape index (κ3) is 4.42. The lowest BCUT2D eigenvalue weighted by Gasteiger charge is -2.12. The molecule has 0 aliphatic rings. The van der Waals surface area contributed by atoms with Gasteiger partial charge in [-0.1, -0.05) is 24.3 Å². The number of hydrogen-bond donors (Lipinski definition) is 1. The number of hydrogen-bond acceptors (Lipinski definition) is 3. The molecule has 0 saturated carbocycles. The molecule has 0 radical (unpaired) electrons. The number of carbonyl (C=O) groups is 1. The van der Waals surface area contributed by atoms with Crippen molar-refractivity contribution in [2.24, 2.45) is 7.05 Å². The van der Waals surface area contributed by atoms with Gasteiger partial charge in [0.05, 0.1) is 5.69 Å². The Labute approximate surface area is 167 Å². The normalized spacial score (nSPS) is 10.8. The van der Waals surface area contributed by atoms with E-state index in [4.69, 9.17) is 0 Å². The van der Waals surface area contributed by atoms with E-state index in [1.54, 1.807) is 4.68 Å². The summed E-state index contributed by atoms with van der Waals surface area (Å²) < 4.78 is 1.76. The van der Waals surface area contributed by atoms with Crippen LogP contribution in [0.4, 0.5) is 5.69 Å². The van der Waals surface area contributed by atoms with Crippen molar-refractivity contribution in [3.05, 3.63) is 70.9 Å². The van der Waals surface area contributed by atoms with Crippen molar-refractivity contribution in [2.45, 2.75) is 20.3 Å². The van der Waals surface area contributed by atoms with Gasteiger partial charge in [-0.15, -0.1) is 0 Å². The maximum Gasteiger partial charge on any atom is 0.271 e. The highest BCUT2D eigenvalue weighted by atomic mass is 16.1. The highest BCUT2D eigenvalue weighted by Crippen LogP contribution is 2.22. The molecule has 0 unspecified atom stereocenters. The van der Waals surface area contributed by atoms with Crippen molar-refractivity contribution in [1.29, 1.82) is 0 Å². The van der Waals surface area contributed by atoms with Crippen LogP contribution in [-0.2, 0) is 13.5 Å². The topological polar surface area (TPSA) is 50.2 Å². The molecule has 0 aliphatic heterocycles. The Kier molecular flexibility index (Phi) is 5.83. The summed E-state index contributed by atoms with van der Waals surface area (Å²) in [5, 5.41) is 7.37. The van der Waals surface area contributed by atoms with Crippen LogP contribution in [0.1, 0.15) is 27.2 Å². The second-order valence-corrected chi connectivity index (χ2v) is 7.40. The van der Waals surface area contributed by atoms with Gasteiger partial charge < -0.3 is 10.2 Å². The lowest BCUT2D eigenvalue weighted by Crippen LogP contribution is -2.26. The predicted molar refractivity (Wildman–Crippen MR) is 115 cm³/mol. The molecule has 1 N–H and O–H groups in total. The molecule has 3 aromatic rings. The van der Waals surface area contributed by atoms with Crippen LogP contribution in [0.15, 0.2) is 48.5 Å². The standard InChI is InChI=1S/C23H28N4O/c1-16-6-9-19(14-17(16)2)22-15-21(25-27(22)5)23(28)24-13-12-18-7-10-20(11-8-18)26(3)4/h6-11,14-15H,12-13H2,1-5H3,(H,24,28). The zero-order chi connectivity index (χ0) is 20.3. The first-order chi connectivity index (χ1) is 13.3. The summed E-state index contributed by atoms with van der Waals surface area (Å²) in [6.45, 7) is 4.76. The second-order valence-electron chi connectivity index (χ2n) is 7.40. The monoisotopic (exact) mass is 376 g/mol. The van der Waals surface area contributed by atoms with Crippen molar-refractivity contribution in [3.63, 3.8) is 0 Å². The number of benzene rings is 2. The minimum Gasteiger partial charge on any atom is -0.378 e. The largest absolute Gasteiger partial charge is 0.378 e. The first-order valence-electron chi connectivity index (χ1n) is 9.51. The number of rotatable bonds is 6. The molecule has 28 heavy (non-hydrogen) atoms. The van der Waals surface area contributed by atoms with Crippen LogP contribution in [0, 0.1) is 13.8 Å². The van der Waals surface area contributed by atoms with E-state index in [0.29, 0.717) is 12.2 Å². The van der Waals surface area contributed by atoms with Gasteiger partial charge in [-0.3, -0.25) is 9.48 Å². The minimum absolute atomic E-state index is 0.143. The fourth-order valence-corrected chi connectivity index (χ4v) is 3.12. The molecule has 0 saturated heterocycles. The average Bonchev–Trinajstić information content (AvgIpc) is 3.06. The molecule has 0 bridgehead atoms. The predicted octanol–water partition coefficient (Wildman–Crippen LogP) is 3.74. The van der Waals surface area contributed by atoms with E-state index in [9.17, 15) is 4.79 Å². The first-order valence-corrected chi connectivity index (χ1v) is 9.51. The number of aryl methyl sites for hydroxylation is 3. The van der Waals surface area contributed by atoms with Crippen LogP contribution in [0.2, 0.25) is 0 Å². The summed E-state index contributed by atoms with van der Waals surface area (Å²) in [7, 11) is 5.91. The Morgan fingerprint density at radius 1 is 1.04 bits per heavy atom. The molecule has 0 spiro atoms. The fraction of sp³-hybridized carbons (Fsp3) is 0.304. The summed E-state index contributed by atoms with van der Waals surface area (Å²) in [5.74, 6) is -0.143.